The molecule has 1 aromatic carbocycles. The minimum Gasteiger partial charge on any atom is -0.460 e. The van der Waals surface area contributed by atoms with Crippen LogP contribution in [0.1, 0.15) is 101 Å². The van der Waals surface area contributed by atoms with E-state index in [9.17, 15) is 4.79 Å². The van der Waals surface area contributed by atoms with Crippen LogP contribution in [0, 0.1) is 0 Å². The fraction of sp³-hybridized carbons (Fsp3) is 0.844. The van der Waals surface area contributed by atoms with Crippen molar-refractivity contribution in [2.24, 2.45) is 0 Å². The average molecular weight is 846 g/mol. The van der Waals surface area contributed by atoms with Crippen molar-refractivity contribution in [2.75, 3.05) is 164 Å². The Balaban J connectivity index is 1.65. The van der Waals surface area contributed by atoms with Gasteiger partial charge in [0.05, 0.1) is 144 Å². The Bertz CT molecular complexity index is 976. The molecule has 0 fully saturated rings. The third kappa shape index (κ3) is 41.2. The van der Waals surface area contributed by atoms with Crippen LogP contribution in [0.15, 0.2) is 24.3 Å². The van der Waals surface area contributed by atoms with Crippen molar-refractivity contribution in [1.29, 1.82) is 0 Å². The first-order valence-corrected chi connectivity index (χ1v) is 22.6. The summed E-state index contributed by atoms with van der Waals surface area (Å²) in [6.07, 6.45) is 15.6. The highest BCUT2D eigenvalue weighted by molar-refractivity contribution is 5.89. The van der Waals surface area contributed by atoms with E-state index in [0.717, 1.165) is 38.1 Å². The van der Waals surface area contributed by atoms with E-state index >= 15 is 0 Å². The molecule has 1 N–H and O–H groups in total. The highest BCUT2D eigenvalue weighted by Crippen LogP contribution is 2.12. The van der Waals surface area contributed by atoms with Crippen molar-refractivity contribution in [2.45, 2.75) is 90.9 Å². The lowest BCUT2D eigenvalue weighted by Gasteiger charge is -2.09. The number of unbranched alkanes of at least 4 members (excludes halogenated alkanes) is 10. The van der Waals surface area contributed by atoms with Crippen LogP contribution in [0.4, 0.5) is 5.69 Å². The fourth-order valence-corrected chi connectivity index (χ4v) is 5.40. The molecule has 346 valence electrons. The van der Waals surface area contributed by atoms with E-state index in [-0.39, 0.29) is 12.6 Å². The van der Waals surface area contributed by atoms with Gasteiger partial charge in [-0.3, -0.25) is 0 Å². The summed E-state index contributed by atoms with van der Waals surface area (Å²) < 4.78 is 66.0. The molecule has 0 amide bonds. The van der Waals surface area contributed by atoms with Gasteiger partial charge in [0.2, 0.25) is 0 Å². The Hall–Kier alpha value is -1.95. The first-order valence-electron chi connectivity index (χ1n) is 22.6. The monoisotopic (exact) mass is 846 g/mol. The molecule has 14 heteroatoms. The quantitative estimate of drug-likeness (QED) is 0.0524. The second kappa shape index (κ2) is 47.1. The summed E-state index contributed by atoms with van der Waals surface area (Å²) in [5.41, 5.74) is 1.52. The van der Waals surface area contributed by atoms with E-state index in [1.807, 2.05) is 12.1 Å². The van der Waals surface area contributed by atoms with Crippen molar-refractivity contribution >= 4 is 11.7 Å². The Morgan fingerprint density at radius 2 is 0.644 bits per heavy atom. The van der Waals surface area contributed by atoms with Crippen LogP contribution < -0.4 is 5.32 Å². The number of carbonyl (C=O) groups is 1. The topological polar surface area (TPSA) is 140 Å². The molecule has 0 heterocycles. The molecular weight excluding hydrogens is 762 g/mol. The predicted octanol–water partition coefficient (Wildman–Crippen LogP) is 7.16. The lowest BCUT2D eigenvalue weighted by molar-refractivity contribution is -0.0280. The number of rotatable bonds is 49. The first kappa shape index (κ1) is 55.1. The number of hydrogen-bond acceptors (Lipinski definition) is 14. The van der Waals surface area contributed by atoms with Gasteiger partial charge < -0.3 is 62.2 Å². The largest absolute Gasteiger partial charge is 0.460 e. The molecule has 0 aliphatic rings. The minimum atomic E-state index is -0.360. The van der Waals surface area contributed by atoms with Crippen LogP contribution in [-0.4, -0.2) is 164 Å². The van der Waals surface area contributed by atoms with Gasteiger partial charge in [-0.25, -0.2) is 4.79 Å². The number of nitrogens with one attached hydrogen (secondary N) is 1. The molecule has 59 heavy (non-hydrogen) atoms. The molecule has 0 aliphatic heterocycles. The van der Waals surface area contributed by atoms with Crippen LogP contribution in [-0.2, 0) is 56.8 Å². The summed E-state index contributed by atoms with van der Waals surface area (Å²) in [5, 5.41) is 3.32. The van der Waals surface area contributed by atoms with Gasteiger partial charge >= 0.3 is 5.97 Å². The summed E-state index contributed by atoms with van der Waals surface area (Å²) in [4.78, 5) is 12.2. The van der Waals surface area contributed by atoms with Gasteiger partial charge in [0.15, 0.2) is 0 Å². The van der Waals surface area contributed by atoms with Gasteiger partial charge in [0, 0.05) is 18.8 Å². The highest BCUT2D eigenvalue weighted by Gasteiger charge is 2.07. The predicted molar refractivity (Wildman–Crippen MR) is 231 cm³/mol. The summed E-state index contributed by atoms with van der Waals surface area (Å²) in [7, 11) is 0. The molecule has 0 radical (unpaired) electrons. The van der Waals surface area contributed by atoms with Crippen LogP contribution in [0.2, 0.25) is 0 Å². The first-order chi connectivity index (χ1) is 29.3. The van der Waals surface area contributed by atoms with Crippen molar-refractivity contribution < 1.29 is 61.6 Å². The van der Waals surface area contributed by atoms with Crippen LogP contribution >= 0.6 is 0 Å². The molecule has 0 aromatic heterocycles. The second-order valence-electron chi connectivity index (χ2n) is 13.9. The number of ether oxygens (including phenoxy) is 12. The van der Waals surface area contributed by atoms with Gasteiger partial charge in [0.1, 0.15) is 6.61 Å². The zero-order valence-corrected chi connectivity index (χ0v) is 37.1. The van der Waals surface area contributed by atoms with Gasteiger partial charge in [-0.15, -0.1) is 0 Å². The van der Waals surface area contributed by atoms with Gasteiger partial charge in [-0.1, -0.05) is 78.1 Å². The summed E-state index contributed by atoms with van der Waals surface area (Å²) in [6, 6.07) is 7.30. The lowest BCUT2D eigenvalue weighted by atomic mass is 10.1. The zero-order valence-electron chi connectivity index (χ0n) is 37.1. The average Bonchev–Trinajstić information content (AvgIpc) is 3.25. The van der Waals surface area contributed by atoms with Crippen molar-refractivity contribution in [1.82, 2.24) is 0 Å². The highest BCUT2D eigenvalue weighted by atomic mass is 16.6. The van der Waals surface area contributed by atoms with Crippen molar-refractivity contribution in [3.05, 3.63) is 29.8 Å². The maximum absolute atomic E-state index is 12.2. The third-order valence-electron chi connectivity index (χ3n) is 8.80. The van der Waals surface area contributed by atoms with Gasteiger partial charge in [-0.2, -0.15) is 0 Å². The zero-order chi connectivity index (χ0) is 42.2. The molecule has 14 nitrogen and oxygen atoms in total. The Morgan fingerprint density at radius 1 is 0.356 bits per heavy atom. The Kier molecular flexibility index (Phi) is 44.0. The molecule has 0 aliphatic carbocycles. The van der Waals surface area contributed by atoms with Crippen LogP contribution in [0.3, 0.4) is 0 Å². The SMILES string of the molecule is CCCCCCCCCCCCOCCOCCOCCOCCOCCOCCOCCOCCOCCOCCOCCOC(=O)c1ccc(NCCCC)cc1. The molecule has 0 atom stereocenters. The molecule has 0 spiro atoms. The van der Waals surface area contributed by atoms with E-state index in [2.05, 4.69) is 19.2 Å². The van der Waals surface area contributed by atoms with Crippen molar-refractivity contribution in [3.63, 3.8) is 0 Å². The van der Waals surface area contributed by atoms with E-state index in [0.29, 0.717) is 144 Å². The molecule has 1 rings (SSSR count). The van der Waals surface area contributed by atoms with Crippen LogP contribution in [0.5, 0.6) is 0 Å². The van der Waals surface area contributed by atoms with E-state index in [4.69, 9.17) is 56.8 Å². The summed E-state index contributed by atoms with van der Waals surface area (Å²) in [5.74, 6) is -0.360. The van der Waals surface area contributed by atoms with E-state index in [1.165, 1.54) is 57.8 Å². The Labute approximate surface area is 357 Å². The summed E-state index contributed by atoms with van der Waals surface area (Å²) in [6.45, 7) is 16.9. The maximum atomic E-state index is 12.2. The number of esters is 1. The normalized spacial score (nSPS) is 11.4. The third-order valence-corrected chi connectivity index (χ3v) is 8.80. The number of carbonyl (C=O) groups excluding carboxylic acids is 1. The molecule has 0 saturated carbocycles. The summed E-state index contributed by atoms with van der Waals surface area (Å²) >= 11 is 0. The molecule has 0 unspecified atom stereocenters. The van der Waals surface area contributed by atoms with Crippen LogP contribution in [0.25, 0.3) is 0 Å². The second-order valence-corrected chi connectivity index (χ2v) is 13.9. The Morgan fingerprint density at radius 3 is 0.983 bits per heavy atom. The molecule has 0 saturated heterocycles. The fourth-order valence-electron chi connectivity index (χ4n) is 5.40. The van der Waals surface area contributed by atoms with E-state index in [1.54, 1.807) is 12.1 Å². The maximum Gasteiger partial charge on any atom is 0.338 e. The van der Waals surface area contributed by atoms with E-state index < -0.39 is 0 Å². The smallest absolute Gasteiger partial charge is 0.338 e. The molecule has 0 bridgehead atoms. The lowest BCUT2D eigenvalue weighted by Crippen LogP contribution is -2.15. The molecule has 1 aromatic rings. The van der Waals surface area contributed by atoms with Gasteiger partial charge in [-0.05, 0) is 37.1 Å². The number of benzene rings is 1. The van der Waals surface area contributed by atoms with Gasteiger partial charge in [0.25, 0.3) is 0 Å². The standard InChI is InChI=1S/C45H83NO13/c1-3-5-7-8-9-10-11-12-13-14-20-48-21-22-49-23-24-50-25-26-51-27-28-52-29-30-53-31-32-54-33-34-55-35-36-56-37-38-57-39-40-58-41-42-59-45(47)43-15-17-44(18-16-43)46-19-6-4-2/h15-18,46H,3-14,19-42H2,1-2H3. The molecular formula is C45H83NO13. The minimum absolute atomic E-state index is 0.191. The number of hydrogen-bond donors (Lipinski definition) is 1. The van der Waals surface area contributed by atoms with Crippen molar-refractivity contribution in [3.8, 4) is 0 Å². The number of anilines is 1.